The average Bonchev–Trinajstić information content (AvgIpc) is 2.52. The highest BCUT2D eigenvalue weighted by Gasteiger charge is 2.05. The van der Waals surface area contributed by atoms with Crippen LogP contribution in [0, 0.1) is 0 Å². The van der Waals surface area contributed by atoms with E-state index in [1.807, 2.05) is 20.0 Å². The van der Waals surface area contributed by atoms with Crippen molar-refractivity contribution in [2.45, 2.75) is 32.9 Å². The zero-order valence-electron chi connectivity index (χ0n) is 8.28. The maximum atomic E-state index is 11.7. The van der Waals surface area contributed by atoms with Gasteiger partial charge in [0, 0.05) is 12.2 Å². The summed E-state index contributed by atoms with van der Waals surface area (Å²) in [4.78, 5) is 0. The van der Waals surface area contributed by atoms with Crippen molar-refractivity contribution in [2.24, 2.45) is 0 Å². The minimum Gasteiger partial charge on any atom is -0.369 e. The first-order valence-electron chi connectivity index (χ1n) is 4.49. The molecule has 0 spiro atoms. The van der Waals surface area contributed by atoms with Crippen molar-refractivity contribution in [3.05, 3.63) is 18.0 Å². The lowest BCUT2D eigenvalue weighted by Gasteiger charge is -2.04. The highest BCUT2D eigenvalue weighted by atomic mass is 19.3. The zero-order valence-corrected chi connectivity index (χ0v) is 8.28. The zero-order chi connectivity index (χ0) is 10.6. The number of rotatable bonds is 5. The fourth-order valence-corrected chi connectivity index (χ4v) is 0.995. The largest absolute Gasteiger partial charge is 0.369 e. The van der Waals surface area contributed by atoms with Crippen LogP contribution in [0.15, 0.2) is 12.3 Å². The Hall–Kier alpha value is -0.970. The highest BCUT2D eigenvalue weighted by Crippen LogP contribution is 2.05. The molecule has 0 aromatic carbocycles. The monoisotopic (exact) mass is 204 g/mol. The van der Waals surface area contributed by atoms with E-state index in [4.69, 9.17) is 4.74 Å². The topological polar surface area (TPSA) is 27.1 Å². The predicted molar refractivity (Wildman–Crippen MR) is 48.3 cm³/mol. The molecule has 1 aromatic heterocycles. The van der Waals surface area contributed by atoms with Crippen LogP contribution in [0.3, 0.4) is 0 Å². The second kappa shape index (κ2) is 5.05. The van der Waals surface area contributed by atoms with Gasteiger partial charge >= 0.3 is 0 Å². The van der Waals surface area contributed by atoms with Gasteiger partial charge in [-0.05, 0) is 19.9 Å². The molecule has 0 bridgehead atoms. The Morgan fingerprint density at radius 1 is 1.50 bits per heavy atom. The van der Waals surface area contributed by atoms with Crippen LogP contribution in [0.25, 0.3) is 0 Å². The number of alkyl halides is 2. The van der Waals surface area contributed by atoms with E-state index >= 15 is 0 Å². The van der Waals surface area contributed by atoms with Gasteiger partial charge in [-0.15, -0.1) is 0 Å². The summed E-state index contributed by atoms with van der Waals surface area (Å²) in [7, 11) is 0. The molecule has 5 heteroatoms. The maximum absolute atomic E-state index is 11.7. The van der Waals surface area contributed by atoms with Gasteiger partial charge < -0.3 is 4.74 Å². The van der Waals surface area contributed by atoms with Crippen LogP contribution in [-0.4, -0.2) is 22.8 Å². The number of nitrogens with zero attached hydrogens (tertiary/aromatic N) is 2. The Labute approximate surface area is 81.7 Å². The van der Waals surface area contributed by atoms with Gasteiger partial charge in [0.05, 0.1) is 12.3 Å². The minimum absolute atomic E-state index is 0.143. The lowest BCUT2D eigenvalue weighted by atomic mass is 10.4. The van der Waals surface area contributed by atoms with Gasteiger partial charge in [0.25, 0.3) is 6.43 Å². The molecule has 0 aliphatic carbocycles. The van der Waals surface area contributed by atoms with E-state index in [2.05, 4.69) is 5.10 Å². The van der Waals surface area contributed by atoms with E-state index in [1.54, 1.807) is 10.7 Å². The third kappa shape index (κ3) is 3.41. The minimum atomic E-state index is -2.41. The van der Waals surface area contributed by atoms with Crippen molar-refractivity contribution in [2.75, 3.05) is 6.61 Å². The number of hydrogen-bond donors (Lipinski definition) is 0. The molecule has 0 atom stereocenters. The van der Waals surface area contributed by atoms with Gasteiger partial charge in [-0.1, -0.05) is 0 Å². The van der Waals surface area contributed by atoms with Crippen molar-refractivity contribution in [3.63, 3.8) is 0 Å². The first kappa shape index (κ1) is 11.1. The second-order valence-corrected chi connectivity index (χ2v) is 3.29. The number of hydrogen-bond acceptors (Lipinski definition) is 2. The third-order valence-corrected chi connectivity index (χ3v) is 1.69. The molecule has 80 valence electrons. The molecular formula is C9H14F2N2O. The molecule has 0 fully saturated rings. The Morgan fingerprint density at radius 3 is 2.71 bits per heavy atom. The fourth-order valence-electron chi connectivity index (χ4n) is 0.995. The quantitative estimate of drug-likeness (QED) is 0.735. The van der Waals surface area contributed by atoms with Gasteiger partial charge in [0.1, 0.15) is 6.61 Å². The standard InChI is InChI=1S/C9H14F2N2O/c1-7(2)13-4-3-8(12-13)5-14-6-9(10)11/h3-4,7,9H,5-6H2,1-2H3. The molecule has 0 aliphatic heterocycles. The summed E-state index contributed by atoms with van der Waals surface area (Å²) in [5.41, 5.74) is 0.680. The molecule has 1 heterocycles. The van der Waals surface area contributed by atoms with Gasteiger partial charge in [-0.3, -0.25) is 4.68 Å². The van der Waals surface area contributed by atoms with Crippen molar-refractivity contribution >= 4 is 0 Å². The van der Waals surface area contributed by atoms with Crippen LogP contribution in [0.2, 0.25) is 0 Å². The van der Waals surface area contributed by atoms with E-state index in [0.29, 0.717) is 5.69 Å². The van der Waals surface area contributed by atoms with E-state index in [-0.39, 0.29) is 12.6 Å². The van der Waals surface area contributed by atoms with Crippen molar-refractivity contribution < 1.29 is 13.5 Å². The normalized spacial score (nSPS) is 11.6. The van der Waals surface area contributed by atoms with Crippen LogP contribution in [0.1, 0.15) is 25.6 Å². The summed E-state index contributed by atoms with van der Waals surface area (Å²) in [6, 6.07) is 2.05. The lowest BCUT2D eigenvalue weighted by molar-refractivity contribution is 0.00865. The fraction of sp³-hybridized carbons (Fsp3) is 0.667. The first-order chi connectivity index (χ1) is 6.59. The Balaban J connectivity index is 2.36. The summed E-state index contributed by atoms with van der Waals surface area (Å²) in [5.74, 6) is 0. The predicted octanol–water partition coefficient (Wildman–Crippen LogP) is 2.25. The van der Waals surface area contributed by atoms with E-state index in [1.165, 1.54) is 0 Å². The van der Waals surface area contributed by atoms with Gasteiger partial charge in [-0.2, -0.15) is 5.10 Å². The summed E-state index contributed by atoms with van der Waals surface area (Å²) >= 11 is 0. The molecule has 0 amide bonds. The number of aromatic nitrogens is 2. The third-order valence-electron chi connectivity index (χ3n) is 1.69. The molecule has 1 rings (SSSR count). The Morgan fingerprint density at radius 2 is 2.21 bits per heavy atom. The van der Waals surface area contributed by atoms with Crippen LogP contribution in [-0.2, 0) is 11.3 Å². The van der Waals surface area contributed by atoms with Crippen LogP contribution in [0.5, 0.6) is 0 Å². The SMILES string of the molecule is CC(C)n1ccc(COCC(F)F)n1. The molecule has 0 N–H and O–H groups in total. The summed E-state index contributed by atoms with van der Waals surface area (Å²) < 4.78 is 30.0. The van der Waals surface area contributed by atoms with E-state index in [9.17, 15) is 8.78 Å². The molecule has 0 saturated carbocycles. The molecule has 3 nitrogen and oxygen atoms in total. The molecule has 1 aromatic rings. The summed E-state index contributed by atoms with van der Waals surface area (Å²) in [6.07, 6.45) is -0.603. The van der Waals surface area contributed by atoms with Crippen LogP contribution < -0.4 is 0 Å². The van der Waals surface area contributed by atoms with Crippen molar-refractivity contribution in [1.82, 2.24) is 9.78 Å². The van der Waals surface area contributed by atoms with Gasteiger partial charge in [0.2, 0.25) is 0 Å². The summed E-state index contributed by atoms with van der Waals surface area (Å²) in [6.45, 7) is 3.60. The molecule has 0 unspecified atom stereocenters. The Kier molecular flexibility index (Phi) is 4.00. The molecule has 0 saturated heterocycles. The van der Waals surface area contributed by atoms with Crippen LogP contribution >= 0.6 is 0 Å². The highest BCUT2D eigenvalue weighted by molar-refractivity contribution is 4.97. The van der Waals surface area contributed by atoms with E-state index < -0.39 is 13.0 Å². The van der Waals surface area contributed by atoms with Gasteiger partial charge in [0.15, 0.2) is 0 Å². The average molecular weight is 204 g/mol. The van der Waals surface area contributed by atoms with Crippen LogP contribution in [0.4, 0.5) is 8.78 Å². The second-order valence-electron chi connectivity index (χ2n) is 3.29. The maximum Gasteiger partial charge on any atom is 0.261 e. The lowest BCUT2D eigenvalue weighted by Crippen LogP contribution is -2.06. The molecule has 14 heavy (non-hydrogen) atoms. The van der Waals surface area contributed by atoms with Gasteiger partial charge in [-0.25, -0.2) is 8.78 Å². The molecule has 0 aliphatic rings. The number of halogens is 2. The smallest absolute Gasteiger partial charge is 0.261 e. The van der Waals surface area contributed by atoms with Crippen molar-refractivity contribution in [1.29, 1.82) is 0 Å². The Bertz CT molecular complexity index is 274. The molecular weight excluding hydrogens is 190 g/mol. The first-order valence-corrected chi connectivity index (χ1v) is 4.49. The summed E-state index contributed by atoms with van der Waals surface area (Å²) in [5, 5.41) is 4.15. The molecule has 0 radical (unpaired) electrons. The van der Waals surface area contributed by atoms with Crippen molar-refractivity contribution in [3.8, 4) is 0 Å². The van der Waals surface area contributed by atoms with E-state index in [0.717, 1.165) is 0 Å². The number of ether oxygens (including phenoxy) is 1.